The number of carboxylic acids is 1. The molecule has 0 unspecified atom stereocenters. The number of esters is 1. The van der Waals surface area contributed by atoms with Crippen LogP contribution in [0.4, 0.5) is 0 Å². The van der Waals surface area contributed by atoms with E-state index in [1.807, 2.05) is 4.57 Å². The van der Waals surface area contributed by atoms with E-state index in [1.54, 1.807) is 27.1 Å². The number of aliphatic carboxylic acids is 1. The zero-order chi connectivity index (χ0) is 33.2. The van der Waals surface area contributed by atoms with Gasteiger partial charge >= 0.3 is 11.9 Å². The highest BCUT2D eigenvalue weighted by Crippen LogP contribution is 2.26. The molecule has 3 rings (SSSR count). The Morgan fingerprint density at radius 1 is 0.826 bits per heavy atom. The predicted molar refractivity (Wildman–Crippen MR) is 168 cm³/mol. The maximum absolute atomic E-state index is 12.4. The Kier molecular flexibility index (Phi) is 15.2. The molecule has 0 saturated carbocycles. The first-order chi connectivity index (χ1) is 22.1. The van der Waals surface area contributed by atoms with E-state index in [4.69, 9.17) is 9.84 Å². The Balaban J connectivity index is 1.17. The number of carbonyl (C=O) groups is 3. The molecule has 0 aliphatic rings. The summed E-state index contributed by atoms with van der Waals surface area (Å²) in [6.45, 7) is 6.00. The number of H-pyrrole nitrogens is 2. The quantitative estimate of drug-likeness (QED) is 0.0834. The molecule has 3 heterocycles. The van der Waals surface area contributed by atoms with Gasteiger partial charge in [-0.25, -0.2) is 9.78 Å². The number of carboxylic acid groups (broad SMARTS) is 1. The maximum Gasteiger partial charge on any atom is 0.329 e. The van der Waals surface area contributed by atoms with Crippen molar-refractivity contribution in [2.75, 3.05) is 0 Å². The average molecular weight is 644 g/mol. The van der Waals surface area contributed by atoms with Crippen LogP contribution in [0.5, 0.6) is 0 Å². The minimum atomic E-state index is -1.02. The molecule has 4 N–H and O–H groups in total. The molecule has 3 aromatic heterocycles. The van der Waals surface area contributed by atoms with Crippen LogP contribution >= 0.6 is 0 Å². The van der Waals surface area contributed by atoms with Crippen LogP contribution in [0.3, 0.4) is 0 Å². The molecule has 0 spiro atoms. The van der Waals surface area contributed by atoms with Crippen molar-refractivity contribution in [3.8, 4) is 23.0 Å². The van der Waals surface area contributed by atoms with Crippen molar-refractivity contribution in [3.05, 3.63) is 6.33 Å². The third-order valence-corrected chi connectivity index (χ3v) is 7.43. The highest BCUT2D eigenvalue weighted by molar-refractivity contribution is 5.85. The molecule has 16 nitrogen and oxygen atoms in total. The SMILES string of the molecule is CC(C)(C)OC(=O)[C@H](CCC(=O)O)NC(=O)CCCCCCCCCCCCCCCn1cnc(-c2nn[nH]n2)c1-c1nn[nH]n1. The Labute approximate surface area is 269 Å². The first-order valence-corrected chi connectivity index (χ1v) is 16.4. The first-order valence-electron chi connectivity index (χ1n) is 16.4. The maximum atomic E-state index is 12.4. The van der Waals surface area contributed by atoms with Crippen LogP contribution in [0.1, 0.15) is 124 Å². The van der Waals surface area contributed by atoms with Gasteiger partial charge in [0.25, 0.3) is 0 Å². The summed E-state index contributed by atoms with van der Waals surface area (Å²) in [4.78, 5) is 40.2. The zero-order valence-electron chi connectivity index (χ0n) is 27.3. The number of amides is 1. The van der Waals surface area contributed by atoms with Crippen LogP contribution in [0.25, 0.3) is 23.0 Å². The molecule has 0 aliphatic heterocycles. The Morgan fingerprint density at radius 2 is 1.37 bits per heavy atom. The molecule has 0 aliphatic carbocycles. The summed E-state index contributed by atoms with van der Waals surface area (Å²) in [5, 5.41) is 40.1. The summed E-state index contributed by atoms with van der Waals surface area (Å²) in [5.41, 5.74) is 0.581. The monoisotopic (exact) mass is 643 g/mol. The molecule has 0 fully saturated rings. The third-order valence-electron chi connectivity index (χ3n) is 7.43. The van der Waals surface area contributed by atoms with E-state index in [2.05, 4.69) is 51.5 Å². The van der Waals surface area contributed by atoms with Crippen molar-refractivity contribution in [1.29, 1.82) is 0 Å². The summed E-state index contributed by atoms with van der Waals surface area (Å²) in [5.74, 6) is -1.02. The number of hydrogen-bond acceptors (Lipinski definition) is 11. The van der Waals surface area contributed by atoms with Gasteiger partial charge in [-0.3, -0.25) is 9.59 Å². The van der Waals surface area contributed by atoms with Gasteiger partial charge < -0.3 is 19.7 Å². The highest BCUT2D eigenvalue weighted by atomic mass is 16.6. The highest BCUT2D eigenvalue weighted by Gasteiger charge is 2.27. The van der Waals surface area contributed by atoms with Gasteiger partial charge in [0, 0.05) is 19.4 Å². The van der Waals surface area contributed by atoms with Crippen LogP contribution < -0.4 is 5.32 Å². The van der Waals surface area contributed by atoms with E-state index in [1.165, 1.54) is 44.9 Å². The fourth-order valence-corrected chi connectivity index (χ4v) is 5.14. The van der Waals surface area contributed by atoms with Crippen molar-refractivity contribution in [3.63, 3.8) is 0 Å². The minimum Gasteiger partial charge on any atom is -0.481 e. The fourth-order valence-electron chi connectivity index (χ4n) is 5.14. The van der Waals surface area contributed by atoms with E-state index >= 15 is 0 Å². The molecule has 0 bridgehead atoms. The fraction of sp³-hybridized carbons (Fsp3) is 0.733. The molecule has 0 aromatic carbocycles. The van der Waals surface area contributed by atoms with Crippen molar-refractivity contribution in [2.24, 2.45) is 0 Å². The molecule has 0 radical (unpaired) electrons. The number of ether oxygens (including phenoxy) is 1. The lowest BCUT2D eigenvalue weighted by molar-refractivity contribution is -0.159. The van der Waals surface area contributed by atoms with E-state index < -0.39 is 23.6 Å². The molecular formula is C30H49N11O5. The van der Waals surface area contributed by atoms with Crippen molar-refractivity contribution >= 4 is 17.8 Å². The Bertz CT molecular complexity index is 1300. The van der Waals surface area contributed by atoms with Gasteiger partial charge in [0.05, 0.1) is 6.33 Å². The Morgan fingerprint density at radius 3 is 1.89 bits per heavy atom. The number of imidazole rings is 1. The van der Waals surface area contributed by atoms with Gasteiger partial charge in [0.15, 0.2) is 0 Å². The number of aromatic amines is 2. The van der Waals surface area contributed by atoms with Gasteiger partial charge in [-0.2, -0.15) is 10.4 Å². The topological polar surface area (TPSA) is 219 Å². The van der Waals surface area contributed by atoms with Gasteiger partial charge in [0.1, 0.15) is 23.0 Å². The van der Waals surface area contributed by atoms with Crippen LogP contribution in [0.15, 0.2) is 6.33 Å². The number of aromatic nitrogens is 10. The van der Waals surface area contributed by atoms with Crippen LogP contribution in [0.2, 0.25) is 0 Å². The number of rotatable bonds is 23. The largest absolute Gasteiger partial charge is 0.481 e. The van der Waals surface area contributed by atoms with Gasteiger partial charge in [-0.05, 0) is 50.5 Å². The second kappa shape index (κ2) is 19.3. The molecular weight excluding hydrogens is 594 g/mol. The van der Waals surface area contributed by atoms with Gasteiger partial charge in [0.2, 0.25) is 17.6 Å². The number of unbranched alkanes of at least 4 members (excludes halogenated alkanes) is 12. The van der Waals surface area contributed by atoms with Gasteiger partial charge in [-0.15, -0.1) is 20.4 Å². The summed E-state index contributed by atoms with van der Waals surface area (Å²) >= 11 is 0. The first kappa shape index (κ1) is 36.2. The van der Waals surface area contributed by atoms with Crippen LogP contribution in [-0.2, 0) is 25.7 Å². The molecule has 3 aromatic rings. The predicted octanol–water partition coefficient (Wildman–Crippen LogP) is 4.40. The van der Waals surface area contributed by atoms with Crippen LogP contribution in [0, 0.1) is 0 Å². The Hall–Kier alpha value is -4.24. The second-order valence-corrected chi connectivity index (χ2v) is 12.5. The van der Waals surface area contributed by atoms with E-state index in [0.29, 0.717) is 23.8 Å². The standard InChI is InChI=1S/C30H49N11O5/c1-30(2,3)46-29(45)22(18-19-24(43)44)32-23(42)17-15-13-11-9-7-5-4-6-8-10-12-14-16-20-41-21-31-25(27-33-37-38-34-27)26(41)28-35-39-40-36-28/h21-22H,4-20H2,1-3H3,(H,32,42)(H,43,44)(H,33,34,37,38)(H,35,36,39,40)/t22-/m0/s1. The lowest BCUT2D eigenvalue weighted by Crippen LogP contribution is -2.44. The van der Waals surface area contributed by atoms with Crippen molar-refractivity contribution in [2.45, 2.75) is 142 Å². The number of nitrogens with one attached hydrogen (secondary N) is 3. The van der Waals surface area contributed by atoms with Gasteiger partial charge in [-0.1, -0.05) is 70.6 Å². The molecule has 254 valence electrons. The number of carbonyl (C=O) groups excluding carboxylic acids is 2. The average Bonchev–Trinajstić information content (AvgIpc) is 3.78. The second-order valence-electron chi connectivity index (χ2n) is 12.5. The molecule has 0 saturated heterocycles. The summed E-state index contributed by atoms with van der Waals surface area (Å²) in [7, 11) is 0. The van der Waals surface area contributed by atoms with E-state index in [0.717, 1.165) is 50.8 Å². The summed E-state index contributed by atoms with van der Waals surface area (Å²) in [6, 6.07) is -0.944. The zero-order valence-corrected chi connectivity index (χ0v) is 27.3. The normalized spacial score (nSPS) is 12.2. The molecule has 16 heteroatoms. The third kappa shape index (κ3) is 13.4. The number of hydrogen-bond donors (Lipinski definition) is 4. The smallest absolute Gasteiger partial charge is 0.329 e. The molecule has 1 amide bonds. The summed E-state index contributed by atoms with van der Waals surface area (Å²) < 4.78 is 7.35. The van der Waals surface area contributed by atoms with Crippen molar-refractivity contribution in [1.82, 2.24) is 56.1 Å². The number of tetrazole rings is 2. The lowest BCUT2D eigenvalue weighted by atomic mass is 10.0. The molecule has 46 heavy (non-hydrogen) atoms. The number of aryl methyl sites for hydroxylation is 1. The van der Waals surface area contributed by atoms with Crippen LogP contribution in [-0.4, -0.2) is 85.4 Å². The minimum absolute atomic E-state index is 0.0116. The number of nitrogens with zero attached hydrogens (tertiary/aromatic N) is 8. The van der Waals surface area contributed by atoms with E-state index in [9.17, 15) is 14.4 Å². The molecule has 1 atom stereocenters. The van der Waals surface area contributed by atoms with E-state index in [-0.39, 0.29) is 18.7 Å². The summed E-state index contributed by atoms with van der Waals surface area (Å²) in [6.07, 6.45) is 16.5. The van der Waals surface area contributed by atoms with Crippen molar-refractivity contribution < 1.29 is 24.2 Å². The lowest BCUT2D eigenvalue weighted by Gasteiger charge is -2.24.